The molecule has 0 spiro atoms. The van der Waals surface area contributed by atoms with Crippen molar-refractivity contribution in [3.8, 4) is 11.5 Å². The van der Waals surface area contributed by atoms with Gasteiger partial charge in [0.05, 0.1) is 13.0 Å². The summed E-state index contributed by atoms with van der Waals surface area (Å²) in [4.78, 5) is 12.5. The number of carboxylic acids is 1. The zero-order valence-corrected chi connectivity index (χ0v) is 12.4. The fraction of sp³-hybridized carbons (Fsp3) is 0.357. The molecule has 0 bridgehead atoms. The van der Waals surface area contributed by atoms with Gasteiger partial charge in [0.2, 0.25) is 11.8 Å². The quantitative estimate of drug-likeness (QED) is 0.847. The Morgan fingerprint density at radius 3 is 2.67 bits per heavy atom. The summed E-state index contributed by atoms with van der Waals surface area (Å²) in [6.45, 7) is 3.55. The SMILES string of the molecule is CCN(CCC(=O)O)Cc1nnc(-c2ccc(Cl)cc2)o1. The third kappa shape index (κ3) is 4.54. The second-order valence-corrected chi connectivity index (χ2v) is 4.96. The summed E-state index contributed by atoms with van der Waals surface area (Å²) in [6.07, 6.45) is 0.0893. The minimum absolute atomic E-state index is 0.0893. The number of hydrogen-bond acceptors (Lipinski definition) is 5. The molecule has 0 amide bonds. The minimum Gasteiger partial charge on any atom is -0.481 e. The van der Waals surface area contributed by atoms with Crippen molar-refractivity contribution in [2.45, 2.75) is 19.9 Å². The highest BCUT2D eigenvalue weighted by Gasteiger charge is 2.12. The van der Waals surface area contributed by atoms with E-state index in [9.17, 15) is 4.79 Å². The molecule has 0 aliphatic carbocycles. The van der Waals surface area contributed by atoms with Gasteiger partial charge in [0, 0.05) is 17.1 Å². The summed E-state index contributed by atoms with van der Waals surface area (Å²) in [5.41, 5.74) is 0.798. The van der Waals surface area contributed by atoms with Crippen LogP contribution in [0.1, 0.15) is 19.2 Å². The van der Waals surface area contributed by atoms with Gasteiger partial charge in [-0.2, -0.15) is 0 Å². The molecule has 1 heterocycles. The topological polar surface area (TPSA) is 79.5 Å². The first-order chi connectivity index (χ1) is 10.1. The van der Waals surface area contributed by atoms with Gasteiger partial charge in [-0.25, -0.2) is 0 Å². The van der Waals surface area contributed by atoms with Gasteiger partial charge < -0.3 is 9.52 Å². The highest BCUT2D eigenvalue weighted by atomic mass is 35.5. The van der Waals surface area contributed by atoms with Crippen molar-refractivity contribution in [1.82, 2.24) is 15.1 Å². The Morgan fingerprint density at radius 1 is 1.33 bits per heavy atom. The Kier molecular flexibility index (Phi) is 5.30. The first kappa shape index (κ1) is 15.5. The van der Waals surface area contributed by atoms with Crippen molar-refractivity contribution in [2.75, 3.05) is 13.1 Å². The van der Waals surface area contributed by atoms with Crippen molar-refractivity contribution >= 4 is 17.6 Å². The lowest BCUT2D eigenvalue weighted by Crippen LogP contribution is -2.25. The van der Waals surface area contributed by atoms with Gasteiger partial charge in [-0.05, 0) is 30.8 Å². The largest absolute Gasteiger partial charge is 0.481 e. The Bertz CT molecular complexity index is 598. The summed E-state index contributed by atoms with van der Waals surface area (Å²) in [6, 6.07) is 7.13. The molecule has 21 heavy (non-hydrogen) atoms. The molecule has 1 N–H and O–H groups in total. The van der Waals surface area contributed by atoms with E-state index in [4.69, 9.17) is 21.1 Å². The fourth-order valence-electron chi connectivity index (χ4n) is 1.82. The molecule has 7 heteroatoms. The van der Waals surface area contributed by atoms with Crippen LogP contribution in [0.4, 0.5) is 0 Å². The van der Waals surface area contributed by atoms with Crippen LogP contribution in [-0.4, -0.2) is 39.3 Å². The van der Waals surface area contributed by atoms with Crippen LogP contribution in [0.25, 0.3) is 11.5 Å². The molecule has 0 saturated carbocycles. The normalized spacial score (nSPS) is 11.0. The van der Waals surface area contributed by atoms with Crippen LogP contribution in [0.5, 0.6) is 0 Å². The van der Waals surface area contributed by atoms with Crippen LogP contribution in [0.2, 0.25) is 5.02 Å². The maximum absolute atomic E-state index is 10.6. The van der Waals surface area contributed by atoms with E-state index in [1.54, 1.807) is 12.1 Å². The van der Waals surface area contributed by atoms with Crippen LogP contribution in [-0.2, 0) is 11.3 Å². The molecule has 112 valence electrons. The molecule has 2 rings (SSSR count). The minimum atomic E-state index is -0.819. The first-order valence-corrected chi connectivity index (χ1v) is 6.98. The van der Waals surface area contributed by atoms with Gasteiger partial charge >= 0.3 is 5.97 Å². The summed E-state index contributed by atoms with van der Waals surface area (Å²) >= 11 is 5.83. The maximum atomic E-state index is 10.6. The van der Waals surface area contributed by atoms with Crippen LogP contribution < -0.4 is 0 Å². The van der Waals surface area contributed by atoms with Crippen LogP contribution >= 0.6 is 11.6 Å². The molecular weight excluding hydrogens is 294 g/mol. The van der Waals surface area contributed by atoms with Crippen molar-refractivity contribution in [2.24, 2.45) is 0 Å². The molecule has 0 unspecified atom stereocenters. The molecule has 1 aromatic heterocycles. The van der Waals surface area contributed by atoms with E-state index in [-0.39, 0.29) is 6.42 Å². The van der Waals surface area contributed by atoms with Crippen LogP contribution in [0, 0.1) is 0 Å². The first-order valence-electron chi connectivity index (χ1n) is 6.61. The van der Waals surface area contributed by atoms with E-state index >= 15 is 0 Å². The van der Waals surface area contributed by atoms with Crippen molar-refractivity contribution in [1.29, 1.82) is 0 Å². The summed E-state index contributed by atoms with van der Waals surface area (Å²) in [5, 5.41) is 17.3. The van der Waals surface area contributed by atoms with Crippen molar-refractivity contribution in [3.05, 3.63) is 35.2 Å². The van der Waals surface area contributed by atoms with Crippen molar-refractivity contribution in [3.63, 3.8) is 0 Å². The van der Waals surface area contributed by atoms with Crippen LogP contribution in [0.15, 0.2) is 28.7 Å². The molecule has 0 radical (unpaired) electrons. The molecule has 0 aliphatic heterocycles. The molecule has 0 aliphatic rings. The second kappa shape index (κ2) is 7.19. The van der Waals surface area contributed by atoms with Gasteiger partial charge in [0.1, 0.15) is 0 Å². The predicted molar refractivity (Wildman–Crippen MR) is 77.9 cm³/mol. The summed E-state index contributed by atoms with van der Waals surface area (Å²) in [5.74, 6) is 0.0731. The molecule has 0 fully saturated rings. The highest BCUT2D eigenvalue weighted by molar-refractivity contribution is 6.30. The summed E-state index contributed by atoms with van der Waals surface area (Å²) in [7, 11) is 0. The third-order valence-corrected chi connectivity index (χ3v) is 3.26. The van der Waals surface area contributed by atoms with Gasteiger partial charge in [-0.15, -0.1) is 10.2 Å². The number of aromatic nitrogens is 2. The van der Waals surface area contributed by atoms with E-state index < -0.39 is 5.97 Å². The maximum Gasteiger partial charge on any atom is 0.304 e. The molecule has 6 nitrogen and oxygen atoms in total. The zero-order chi connectivity index (χ0) is 15.2. The van der Waals surface area contributed by atoms with E-state index in [1.165, 1.54) is 0 Å². The summed E-state index contributed by atoms with van der Waals surface area (Å²) < 4.78 is 5.59. The number of aliphatic carboxylic acids is 1. The molecule has 0 atom stereocenters. The standard InChI is InChI=1S/C14H16ClN3O3/c1-2-18(8-7-13(19)20)9-12-16-17-14(21-12)10-3-5-11(15)6-4-10/h3-6H,2,7-9H2,1H3,(H,19,20). The van der Waals surface area contributed by atoms with Gasteiger partial charge in [0.25, 0.3) is 0 Å². The van der Waals surface area contributed by atoms with Gasteiger partial charge in [-0.1, -0.05) is 18.5 Å². The molecule has 0 saturated heterocycles. The van der Waals surface area contributed by atoms with Gasteiger partial charge in [0.15, 0.2) is 0 Å². The lowest BCUT2D eigenvalue weighted by Gasteiger charge is -2.16. The number of nitrogens with zero attached hydrogens (tertiary/aromatic N) is 3. The molecular formula is C14H16ClN3O3. The number of benzene rings is 1. The lowest BCUT2D eigenvalue weighted by molar-refractivity contribution is -0.137. The smallest absolute Gasteiger partial charge is 0.304 e. The monoisotopic (exact) mass is 309 g/mol. The van der Waals surface area contributed by atoms with Crippen LogP contribution in [0.3, 0.4) is 0 Å². The number of rotatable bonds is 7. The van der Waals surface area contributed by atoms with Crippen molar-refractivity contribution < 1.29 is 14.3 Å². The van der Waals surface area contributed by atoms with E-state index in [0.29, 0.717) is 36.4 Å². The Morgan fingerprint density at radius 2 is 2.05 bits per heavy atom. The Balaban J connectivity index is 2.01. The molecule has 1 aromatic carbocycles. The number of halogens is 1. The van der Waals surface area contributed by atoms with E-state index in [1.807, 2.05) is 24.0 Å². The fourth-order valence-corrected chi connectivity index (χ4v) is 1.95. The zero-order valence-electron chi connectivity index (χ0n) is 11.6. The number of hydrogen-bond donors (Lipinski definition) is 1. The molecule has 2 aromatic rings. The van der Waals surface area contributed by atoms with Gasteiger partial charge in [-0.3, -0.25) is 9.69 Å². The second-order valence-electron chi connectivity index (χ2n) is 4.52. The van der Waals surface area contributed by atoms with E-state index in [0.717, 1.165) is 5.56 Å². The van der Waals surface area contributed by atoms with E-state index in [2.05, 4.69) is 10.2 Å². The Hall–Kier alpha value is -1.92. The number of carbonyl (C=O) groups is 1. The Labute approximate surface area is 127 Å². The number of carboxylic acid groups (broad SMARTS) is 1. The third-order valence-electron chi connectivity index (χ3n) is 3.01. The highest BCUT2D eigenvalue weighted by Crippen LogP contribution is 2.20. The lowest BCUT2D eigenvalue weighted by atomic mass is 10.2. The average Bonchev–Trinajstić information content (AvgIpc) is 2.92. The average molecular weight is 310 g/mol. The predicted octanol–water partition coefficient (Wildman–Crippen LogP) is 2.69.